The number of carbonyl (C=O) groups excluding carboxylic acids is 1. The standard InChI is InChI=1S/C28H28N6O.C2HF3O2/c1-19-5-3-8-24-26(19)33-27(32-24)23-7-4-6-22(17-23)21-11-9-20(10-12-21)18-29-15-16-30-28(35)25-13-14-31-34(25)2;3-2(4,5)1(6)7/h3-14,17,29H,15-16,18H2,1-2H3,(H,30,35)(H,32,33);(H,6,7). The number of aryl methyl sites for hydroxylation is 2. The Hall–Kier alpha value is -4.97. The summed E-state index contributed by atoms with van der Waals surface area (Å²) >= 11 is 0. The van der Waals surface area contributed by atoms with Crippen molar-refractivity contribution in [1.29, 1.82) is 0 Å². The average Bonchev–Trinajstić information content (AvgIpc) is 3.60. The number of nitrogens with zero attached hydrogens (tertiary/aromatic N) is 3. The number of halogens is 3. The third kappa shape index (κ3) is 7.61. The van der Waals surface area contributed by atoms with E-state index < -0.39 is 12.1 Å². The lowest BCUT2D eigenvalue weighted by Crippen LogP contribution is -2.32. The minimum absolute atomic E-state index is 0.115. The van der Waals surface area contributed by atoms with Crippen LogP contribution in [0.2, 0.25) is 0 Å². The maximum atomic E-state index is 12.1. The van der Waals surface area contributed by atoms with Crippen LogP contribution in [0.15, 0.2) is 79.0 Å². The highest BCUT2D eigenvalue weighted by atomic mass is 19.4. The van der Waals surface area contributed by atoms with Gasteiger partial charge in [0, 0.05) is 38.4 Å². The molecule has 0 spiro atoms. The van der Waals surface area contributed by atoms with Gasteiger partial charge in [-0.3, -0.25) is 9.48 Å². The van der Waals surface area contributed by atoms with Crippen molar-refractivity contribution >= 4 is 22.9 Å². The third-order valence-electron chi connectivity index (χ3n) is 6.35. The molecule has 42 heavy (non-hydrogen) atoms. The molecule has 0 aliphatic heterocycles. The van der Waals surface area contributed by atoms with Gasteiger partial charge >= 0.3 is 12.1 Å². The summed E-state index contributed by atoms with van der Waals surface area (Å²) in [4.78, 5) is 29.3. The molecule has 3 aromatic carbocycles. The van der Waals surface area contributed by atoms with Gasteiger partial charge < -0.3 is 20.7 Å². The number of carboxylic acid groups (broad SMARTS) is 1. The molecule has 2 heterocycles. The van der Waals surface area contributed by atoms with Crippen molar-refractivity contribution in [2.75, 3.05) is 13.1 Å². The molecule has 0 saturated heterocycles. The average molecular weight is 579 g/mol. The first-order valence-corrected chi connectivity index (χ1v) is 12.9. The van der Waals surface area contributed by atoms with Gasteiger partial charge in [-0.1, -0.05) is 54.6 Å². The molecule has 0 fully saturated rings. The van der Waals surface area contributed by atoms with E-state index in [1.54, 1.807) is 24.0 Å². The normalized spacial score (nSPS) is 11.2. The molecular weight excluding hydrogens is 549 g/mol. The van der Waals surface area contributed by atoms with Crippen molar-refractivity contribution in [2.45, 2.75) is 19.6 Å². The Morgan fingerprint density at radius 2 is 1.64 bits per heavy atom. The second-order valence-corrected chi connectivity index (χ2v) is 9.41. The molecule has 0 unspecified atom stereocenters. The van der Waals surface area contributed by atoms with E-state index in [0.29, 0.717) is 18.8 Å². The summed E-state index contributed by atoms with van der Waals surface area (Å²) in [5.41, 5.74) is 8.36. The number of hydrogen-bond donors (Lipinski definition) is 4. The smallest absolute Gasteiger partial charge is 0.475 e. The van der Waals surface area contributed by atoms with E-state index in [4.69, 9.17) is 14.9 Å². The molecule has 4 N–H and O–H groups in total. The van der Waals surface area contributed by atoms with Crippen molar-refractivity contribution in [3.05, 3.63) is 95.8 Å². The number of para-hydroxylation sites is 1. The number of alkyl halides is 3. The minimum Gasteiger partial charge on any atom is -0.475 e. The zero-order chi connectivity index (χ0) is 30.3. The molecule has 1 amide bonds. The predicted molar refractivity (Wildman–Crippen MR) is 153 cm³/mol. The first-order valence-electron chi connectivity index (χ1n) is 12.9. The largest absolute Gasteiger partial charge is 0.490 e. The number of fused-ring (bicyclic) bond motifs is 1. The molecule has 0 aliphatic rings. The number of aromatic nitrogens is 4. The van der Waals surface area contributed by atoms with Crippen LogP contribution >= 0.6 is 0 Å². The van der Waals surface area contributed by atoms with Crippen molar-refractivity contribution in [2.24, 2.45) is 7.05 Å². The van der Waals surface area contributed by atoms with Crippen LogP contribution < -0.4 is 10.6 Å². The monoisotopic (exact) mass is 578 g/mol. The first-order chi connectivity index (χ1) is 20.0. The molecule has 9 nitrogen and oxygen atoms in total. The Bertz CT molecular complexity index is 1680. The van der Waals surface area contributed by atoms with Crippen LogP contribution in [0.5, 0.6) is 0 Å². The third-order valence-corrected chi connectivity index (χ3v) is 6.35. The molecular formula is C30H29F3N6O3. The van der Waals surface area contributed by atoms with Gasteiger partial charge in [-0.25, -0.2) is 9.78 Å². The van der Waals surface area contributed by atoms with Crippen molar-refractivity contribution in [3.8, 4) is 22.5 Å². The van der Waals surface area contributed by atoms with Crippen molar-refractivity contribution < 1.29 is 27.9 Å². The molecule has 2 aromatic heterocycles. The predicted octanol–water partition coefficient (Wildman–Crippen LogP) is 5.09. The Balaban J connectivity index is 0.000000517. The van der Waals surface area contributed by atoms with Crippen LogP contribution in [-0.4, -0.2) is 56.0 Å². The summed E-state index contributed by atoms with van der Waals surface area (Å²) in [6.07, 6.45) is -3.47. The van der Waals surface area contributed by atoms with E-state index in [2.05, 4.69) is 88.3 Å². The number of hydrogen-bond acceptors (Lipinski definition) is 5. The van der Waals surface area contributed by atoms with E-state index in [9.17, 15) is 18.0 Å². The number of imidazole rings is 1. The molecule has 0 bridgehead atoms. The fourth-order valence-electron chi connectivity index (χ4n) is 4.16. The number of H-pyrrole nitrogens is 1. The van der Waals surface area contributed by atoms with E-state index in [1.165, 1.54) is 11.1 Å². The number of aromatic amines is 1. The van der Waals surface area contributed by atoms with E-state index in [-0.39, 0.29) is 5.91 Å². The maximum Gasteiger partial charge on any atom is 0.490 e. The Morgan fingerprint density at radius 1 is 0.952 bits per heavy atom. The van der Waals surface area contributed by atoms with Crippen LogP contribution in [0.1, 0.15) is 21.6 Å². The quantitative estimate of drug-likeness (QED) is 0.190. The lowest BCUT2D eigenvalue weighted by atomic mass is 10.0. The fourth-order valence-corrected chi connectivity index (χ4v) is 4.16. The molecule has 0 saturated carbocycles. The SMILES string of the molecule is Cc1cccc2[nH]c(-c3cccc(-c4ccc(CNCCNC(=O)c5ccnn5C)cc4)c3)nc12.O=C(O)C(F)(F)F. The summed E-state index contributed by atoms with van der Waals surface area (Å²) in [6.45, 7) is 4.05. The molecule has 0 atom stereocenters. The van der Waals surface area contributed by atoms with Gasteiger partial charge in [-0.05, 0) is 47.4 Å². The van der Waals surface area contributed by atoms with Gasteiger partial charge in [0.2, 0.25) is 0 Å². The minimum atomic E-state index is -5.08. The second kappa shape index (κ2) is 13.1. The molecule has 12 heteroatoms. The number of aliphatic carboxylic acids is 1. The Labute approximate surface area is 239 Å². The fraction of sp³-hybridized carbons (Fsp3) is 0.200. The van der Waals surface area contributed by atoms with E-state index >= 15 is 0 Å². The zero-order valence-corrected chi connectivity index (χ0v) is 22.9. The lowest BCUT2D eigenvalue weighted by Gasteiger charge is -2.09. The van der Waals surface area contributed by atoms with Gasteiger partial charge in [0.1, 0.15) is 11.5 Å². The highest BCUT2D eigenvalue weighted by Gasteiger charge is 2.38. The highest BCUT2D eigenvalue weighted by molar-refractivity contribution is 5.92. The summed E-state index contributed by atoms with van der Waals surface area (Å²) in [7, 11) is 1.76. The molecule has 5 rings (SSSR count). The van der Waals surface area contributed by atoms with Gasteiger partial charge in [-0.15, -0.1) is 0 Å². The molecule has 218 valence electrons. The van der Waals surface area contributed by atoms with Crippen LogP contribution in [0.25, 0.3) is 33.5 Å². The van der Waals surface area contributed by atoms with Crippen molar-refractivity contribution in [1.82, 2.24) is 30.4 Å². The number of amides is 1. The topological polar surface area (TPSA) is 125 Å². The Morgan fingerprint density at radius 3 is 2.29 bits per heavy atom. The number of benzene rings is 3. The summed E-state index contributed by atoms with van der Waals surface area (Å²) < 4.78 is 33.3. The van der Waals surface area contributed by atoms with E-state index in [1.807, 2.05) is 6.07 Å². The summed E-state index contributed by atoms with van der Waals surface area (Å²) in [5, 5.41) is 17.4. The van der Waals surface area contributed by atoms with E-state index in [0.717, 1.165) is 40.1 Å². The first kappa shape index (κ1) is 30.0. The highest BCUT2D eigenvalue weighted by Crippen LogP contribution is 2.27. The van der Waals surface area contributed by atoms with Crippen LogP contribution in [0.4, 0.5) is 13.2 Å². The van der Waals surface area contributed by atoms with Gasteiger partial charge in [0.15, 0.2) is 0 Å². The summed E-state index contributed by atoms with van der Waals surface area (Å²) in [6, 6.07) is 24.9. The van der Waals surface area contributed by atoms with Crippen LogP contribution in [0, 0.1) is 6.92 Å². The summed E-state index contributed by atoms with van der Waals surface area (Å²) in [5.74, 6) is -1.99. The zero-order valence-electron chi connectivity index (χ0n) is 22.9. The molecule has 5 aromatic rings. The van der Waals surface area contributed by atoms with Crippen molar-refractivity contribution in [3.63, 3.8) is 0 Å². The van der Waals surface area contributed by atoms with Gasteiger partial charge in [0.25, 0.3) is 5.91 Å². The molecule has 0 radical (unpaired) electrons. The number of nitrogens with one attached hydrogen (secondary N) is 3. The van der Waals surface area contributed by atoms with Gasteiger partial charge in [-0.2, -0.15) is 18.3 Å². The lowest BCUT2D eigenvalue weighted by molar-refractivity contribution is -0.192. The number of rotatable bonds is 8. The maximum absolute atomic E-state index is 12.1. The van der Waals surface area contributed by atoms with Crippen LogP contribution in [-0.2, 0) is 18.4 Å². The Kier molecular flexibility index (Phi) is 9.38. The van der Waals surface area contributed by atoms with Crippen LogP contribution in [0.3, 0.4) is 0 Å². The van der Waals surface area contributed by atoms with Gasteiger partial charge in [0.05, 0.1) is 11.0 Å². The number of carboxylic acids is 1. The molecule has 0 aliphatic carbocycles. The number of carbonyl (C=O) groups is 2. The second-order valence-electron chi connectivity index (χ2n) is 9.41.